The zero-order valence-corrected chi connectivity index (χ0v) is 10.8. The molecule has 0 heterocycles. The lowest BCUT2D eigenvalue weighted by Crippen LogP contribution is -2.27. The van der Waals surface area contributed by atoms with Crippen molar-refractivity contribution in [3.05, 3.63) is 34.3 Å². The maximum Gasteiger partial charge on any atom is 0.224 e. The van der Waals surface area contributed by atoms with Crippen LogP contribution in [0.1, 0.15) is 18.9 Å². The van der Waals surface area contributed by atoms with E-state index in [2.05, 4.69) is 21.2 Å². The predicted molar refractivity (Wildman–Crippen MR) is 67.2 cm³/mol. The molecule has 88 valence electrons. The smallest absolute Gasteiger partial charge is 0.224 e. The highest BCUT2D eigenvalue weighted by atomic mass is 79.9. The average Bonchev–Trinajstić information content (AvgIpc) is 2.21. The molecule has 0 aliphatic carbocycles. The van der Waals surface area contributed by atoms with E-state index in [0.717, 1.165) is 10.0 Å². The summed E-state index contributed by atoms with van der Waals surface area (Å²) in [4.78, 5) is 11.5. The standard InChI is InChI=1S/C12H16BrNO2/c1-9(15)6-7-14-12(16)8-10-2-4-11(13)5-3-10/h2-5,9,15H,6-8H2,1H3,(H,14,16). The molecule has 0 aromatic heterocycles. The number of carbonyl (C=O) groups is 1. The first-order valence-electron chi connectivity index (χ1n) is 5.27. The van der Waals surface area contributed by atoms with Crippen molar-refractivity contribution in [3.8, 4) is 0 Å². The number of hydrogen-bond acceptors (Lipinski definition) is 2. The van der Waals surface area contributed by atoms with Crippen LogP contribution in [-0.2, 0) is 11.2 Å². The van der Waals surface area contributed by atoms with Crippen LogP contribution in [0.2, 0.25) is 0 Å². The minimum absolute atomic E-state index is 0.0111. The molecule has 1 amide bonds. The van der Waals surface area contributed by atoms with Crippen LogP contribution in [0.4, 0.5) is 0 Å². The second-order valence-electron chi connectivity index (χ2n) is 3.79. The summed E-state index contributed by atoms with van der Waals surface area (Å²) < 4.78 is 1.01. The summed E-state index contributed by atoms with van der Waals surface area (Å²) in [7, 11) is 0. The molecule has 0 saturated heterocycles. The van der Waals surface area contributed by atoms with Gasteiger partial charge in [0.15, 0.2) is 0 Å². The van der Waals surface area contributed by atoms with Gasteiger partial charge in [0.2, 0.25) is 5.91 Å². The van der Waals surface area contributed by atoms with E-state index < -0.39 is 0 Å². The van der Waals surface area contributed by atoms with E-state index in [9.17, 15) is 4.79 Å². The summed E-state index contributed by atoms with van der Waals surface area (Å²) in [6, 6.07) is 7.66. The Labute approximate surface area is 104 Å². The van der Waals surface area contributed by atoms with Crippen molar-refractivity contribution in [2.45, 2.75) is 25.9 Å². The fourth-order valence-corrected chi connectivity index (χ4v) is 1.53. The van der Waals surface area contributed by atoms with Crippen molar-refractivity contribution >= 4 is 21.8 Å². The van der Waals surface area contributed by atoms with Gasteiger partial charge in [-0.05, 0) is 31.0 Å². The number of rotatable bonds is 5. The van der Waals surface area contributed by atoms with Crippen molar-refractivity contribution in [2.24, 2.45) is 0 Å². The number of aliphatic hydroxyl groups is 1. The molecular weight excluding hydrogens is 270 g/mol. The lowest BCUT2D eigenvalue weighted by atomic mass is 10.1. The van der Waals surface area contributed by atoms with Crippen LogP contribution in [0.15, 0.2) is 28.7 Å². The number of aliphatic hydroxyl groups excluding tert-OH is 1. The highest BCUT2D eigenvalue weighted by Gasteiger charge is 2.03. The molecule has 1 aromatic carbocycles. The number of hydrogen-bond donors (Lipinski definition) is 2. The molecule has 16 heavy (non-hydrogen) atoms. The van der Waals surface area contributed by atoms with Gasteiger partial charge in [0.1, 0.15) is 0 Å². The molecule has 1 aromatic rings. The first-order chi connectivity index (χ1) is 7.58. The molecule has 0 bridgehead atoms. The highest BCUT2D eigenvalue weighted by Crippen LogP contribution is 2.10. The molecule has 0 aliphatic rings. The first-order valence-corrected chi connectivity index (χ1v) is 6.06. The van der Waals surface area contributed by atoms with Gasteiger partial charge in [0.05, 0.1) is 12.5 Å². The van der Waals surface area contributed by atoms with E-state index in [4.69, 9.17) is 5.11 Å². The van der Waals surface area contributed by atoms with Gasteiger partial charge in [0, 0.05) is 11.0 Å². The Kier molecular flexibility index (Phi) is 5.49. The molecule has 1 atom stereocenters. The van der Waals surface area contributed by atoms with Crippen molar-refractivity contribution in [1.82, 2.24) is 5.32 Å². The Balaban J connectivity index is 2.31. The minimum Gasteiger partial charge on any atom is -0.393 e. The fraction of sp³-hybridized carbons (Fsp3) is 0.417. The Bertz CT molecular complexity index is 335. The van der Waals surface area contributed by atoms with E-state index >= 15 is 0 Å². The number of halogens is 1. The third kappa shape index (κ3) is 5.28. The zero-order chi connectivity index (χ0) is 12.0. The van der Waals surface area contributed by atoms with Gasteiger partial charge >= 0.3 is 0 Å². The van der Waals surface area contributed by atoms with E-state index in [1.165, 1.54) is 0 Å². The minimum atomic E-state index is -0.368. The van der Waals surface area contributed by atoms with Crippen molar-refractivity contribution in [2.75, 3.05) is 6.54 Å². The van der Waals surface area contributed by atoms with Gasteiger partial charge in [-0.3, -0.25) is 4.79 Å². The SMILES string of the molecule is CC(O)CCNC(=O)Cc1ccc(Br)cc1. The fourth-order valence-electron chi connectivity index (χ4n) is 1.27. The third-order valence-electron chi connectivity index (χ3n) is 2.16. The summed E-state index contributed by atoms with van der Waals surface area (Å²) in [5.41, 5.74) is 0.984. The third-order valence-corrected chi connectivity index (χ3v) is 2.69. The number of carbonyl (C=O) groups excluding carboxylic acids is 1. The molecule has 0 aliphatic heterocycles. The van der Waals surface area contributed by atoms with Crippen LogP contribution < -0.4 is 5.32 Å². The van der Waals surface area contributed by atoms with Crippen molar-refractivity contribution < 1.29 is 9.90 Å². The Morgan fingerprint density at radius 3 is 2.62 bits per heavy atom. The van der Waals surface area contributed by atoms with Gasteiger partial charge in [-0.15, -0.1) is 0 Å². The molecule has 4 heteroatoms. The maximum absolute atomic E-state index is 11.5. The zero-order valence-electron chi connectivity index (χ0n) is 9.24. The van der Waals surface area contributed by atoms with Gasteiger partial charge in [0.25, 0.3) is 0 Å². The van der Waals surface area contributed by atoms with Gasteiger partial charge in [-0.2, -0.15) is 0 Å². The second-order valence-corrected chi connectivity index (χ2v) is 4.71. The summed E-state index contributed by atoms with van der Waals surface area (Å²) in [5, 5.41) is 11.8. The molecule has 1 unspecified atom stereocenters. The largest absolute Gasteiger partial charge is 0.393 e. The van der Waals surface area contributed by atoms with E-state index in [0.29, 0.717) is 19.4 Å². The maximum atomic E-state index is 11.5. The molecule has 0 saturated carbocycles. The normalized spacial score (nSPS) is 12.2. The van der Waals surface area contributed by atoms with Crippen molar-refractivity contribution in [3.63, 3.8) is 0 Å². The van der Waals surface area contributed by atoms with Gasteiger partial charge in [-0.1, -0.05) is 28.1 Å². The molecule has 0 spiro atoms. The van der Waals surface area contributed by atoms with E-state index in [1.54, 1.807) is 6.92 Å². The summed E-state index contributed by atoms with van der Waals surface area (Å²) in [6.07, 6.45) is 0.604. The van der Waals surface area contributed by atoms with Crippen LogP contribution in [-0.4, -0.2) is 23.7 Å². The number of amides is 1. The molecule has 2 N–H and O–H groups in total. The van der Waals surface area contributed by atoms with Crippen LogP contribution in [0, 0.1) is 0 Å². The van der Waals surface area contributed by atoms with Gasteiger partial charge in [-0.25, -0.2) is 0 Å². The molecular formula is C12H16BrNO2. The lowest BCUT2D eigenvalue weighted by molar-refractivity contribution is -0.120. The molecule has 0 radical (unpaired) electrons. The van der Waals surface area contributed by atoms with E-state index in [-0.39, 0.29) is 12.0 Å². The first kappa shape index (κ1) is 13.2. The summed E-state index contributed by atoms with van der Waals surface area (Å²) in [6.45, 7) is 2.23. The monoisotopic (exact) mass is 285 g/mol. The summed E-state index contributed by atoms with van der Waals surface area (Å²) >= 11 is 3.34. The Hall–Kier alpha value is -0.870. The molecule has 0 fully saturated rings. The lowest BCUT2D eigenvalue weighted by Gasteiger charge is -2.06. The van der Waals surface area contributed by atoms with Crippen LogP contribution >= 0.6 is 15.9 Å². The van der Waals surface area contributed by atoms with Crippen LogP contribution in [0.3, 0.4) is 0 Å². The van der Waals surface area contributed by atoms with Crippen LogP contribution in [0.5, 0.6) is 0 Å². The van der Waals surface area contributed by atoms with Crippen molar-refractivity contribution in [1.29, 1.82) is 0 Å². The predicted octanol–water partition coefficient (Wildman–Crippen LogP) is 1.88. The number of benzene rings is 1. The number of nitrogens with one attached hydrogen (secondary N) is 1. The molecule has 3 nitrogen and oxygen atoms in total. The summed E-state index contributed by atoms with van der Waals surface area (Å²) in [5.74, 6) is -0.0111. The Morgan fingerprint density at radius 1 is 1.44 bits per heavy atom. The quantitative estimate of drug-likeness (QED) is 0.868. The molecule has 1 rings (SSSR count). The van der Waals surface area contributed by atoms with Crippen LogP contribution in [0.25, 0.3) is 0 Å². The Morgan fingerprint density at radius 2 is 2.06 bits per heavy atom. The second kappa shape index (κ2) is 6.66. The average molecular weight is 286 g/mol. The highest BCUT2D eigenvalue weighted by molar-refractivity contribution is 9.10. The topological polar surface area (TPSA) is 49.3 Å². The van der Waals surface area contributed by atoms with E-state index in [1.807, 2.05) is 24.3 Å². The van der Waals surface area contributed by atoms with Gasteiger partial charge < -0.3 is 10.4 Å².